The topological polar surface area (TPSA) is 78.3 Å². The van der Waals surface area contributed by atoms with Gasteiger partial charge in [-0.05, 0) is 39.0 Å². The zero-order chi connectivity index (χ0) is 18.8. The summed E-state index contributed by atoms with van der Waals surface area (Å²) in [6.07, 6.45) is 0. The zero-order valence-corrected chi connectivity index (χ0v) is 14.7. The molecule has 0 N–H and O–H groups in total. The van der Waals surface area contributed by atoms with Crippen molar-refractivity contribution >= 4 is 22.5 Å². The number of rotatable bonds is 4. The molecule has 2 aromatic carbocycles. The molecular weight excluding hydrogens is 332 g/mol. The fraction of sp³-hybridized carbons (Fsp3) is 0.200. The number of Topliss-reactive ketones (excluding diaryl/α,β-unsaturated/α-hetero) is 1. The number of benzene rings is 2. The summed E-state index contributed by atoms with van der Waals surface area (Å²) < 4.78 is 6.67. The molecule has 0 saturated carbocycles. The summed E-state index contributed by atoms with van der Waals surface area (Å²) >= 11 is 0. The molecule has 6 heteroatoms. The quantitative estimate of drug-likeness (QED) is 0.409. The largest absolute Gasteiger partial charge is 0.422 e. The lowest BCUT2D eigenvalue weighted by atomic mass is 10.1. The van der Waals surface area contributed by atoms with Gasteiger partial charge in [0.15, 0.2) is 11.5 Å². The predicted octanol–water partition coefficient (Wildman–Crippen LogP) is 3.40. The van der Waals surface area contributed by atoms with E-state index in [-0.39, 0.29) is 28.8 Å². The number of carbonyl (C=O) groups is 2. The van der Waals surface area contributed by atoms with E-state index in [1.807, 2.05) is 13.8 Å². The van der Waals surface area contributed by atoms with Crippen LogP contribution in [0.25, 0.3) is 10.8 Å². The Bertz CT molecular complexity index is 1070. The molecule has 0 unspecified atom stereocenters. The molecule has 3 rings (SSSR count). The molecule has 1 heterocycles. The number of aromatic nitrogens is 2. The van der Waals surface area contributed by atoms with E-state index >= 15 is 0 Å². The highest BCUT2D eigenvalue weighted by atomic mass is 16.5. The van der Waals surface area contributed by atoms with Gasteiger partial charge in [0.2, 0.25) is 0 Å². The van der Waals surface area contributed by atoms with Crippen LogP contribution in [0.2, 0.25) is 0 Å². The van der Waals surface area contributed by atoms with E-state index < -0.39 is 5.97 Å². The standard InChI is InChI=1S/C20H18N2O4/c1-12(2)22-19(24)17-10-5-4-9-16(17)18(21-22)20(25)26-15-8-6-7-14(11-15)13(3)23/h4-12H,1-3H3. The summed E-state index contributed by atoms with van der Waals surface area (Å²) in [4.78, 5) is 36.7. The van der Waals surface area contributed by atoms with Gasteiger partial charge in [0, 0.05) is 10.9 Å². The van der Waals surface area contributed by atoms with Gasteiger partial charge in [-0.25, -0.2) is 9.48 Å². The molecule has 132 valence electrons. The van der Waals surface area contributed by atoms with Crippen molar-refractivity contribution in [1.29, 1.82) is 0 Å². The molecule has 0 atom stereocenters. The molecule has 0 amide bonds. The monoisotopic (exact) mass is 350 g/mol. The minimum absolute atomic E-state index is 0.0575. The molecule has 0 spiro atoms. The van der Waals surface area contributed by atoms with E-state index in [2.05, 4.69) is 5.10 Å². The average Bonchev–Trinajstić information content (AvgIpc) is 2.62. The van der Waals surface area contributed by atoms with E-state index in [0.29, 0.717) is 16.3 Å². The molecule has 1 aromatic heterocycles. The van der Waals surface area contributed by atoms with Gasteiger partial charge >= 0.3 is 5.97 Å². The van der Waals surface area contributed by atoms with Crippen LogP contribution in [0.1, 0.15) is 47.7 Å². The van der Waals surface area contributed by atoms with Crippen molar-refractivity contribution in [2.45, 2.75) is 26.8 Å². The van der Waals surface area contributed by atoms with Crippen LogP contribution in [0.5, 0.6) is 5.75 Å². The van der Waals surface area contributed by atoms with Crippen LogP contribution in [0, 0.1) is 0 Å². The average molecular weight is 350 g/mol. The summed E-state index contributed by atoms with van der Waals surface area (Å²) in [6.45, 7) is 5.07. The van der Waals surface area contributed by atoms with Gasteiger partial charge in [-0.1, -0.05) is 30.3 Å². The third-order valence-electron chi connectivity index (χ3n) is 3.96. The Morgan fingerprint density at radius 3 is 2.38 bits per heavy atom. The van der Waals surface area contributed by atoms with E-state index in [9.17, 15) is 14.4 Å². The highest BCUT2D eigenvalue weighted by Gasteiger charge is 2.19. The Morgan fingerprint density at radius 1 is 1.04 bits per heavy atom. The van der Waals surface area contributed by atoms with Gasteiger partial charge in [-0.3, -0.25) is 9.59 Å². The van der Waals surface area contributed by atoms with Gasteiger partial charge in [-0.15, -0.1) is 0 Å². The predicted molar refractivity (Wildman–Crippen MR) is 97.8 cm³/mol. The van der Waals surface area contributed by atoms with Crippen molar-refractivity contribution in [3.05, 3.63) is 70.1 Å². The van der Waals surface area contributed by atoms with E-state index in [1.165, 1.54) is 17.7 Å². The molecular formula is C20H18N2O4. The van der Waals surface area contributed by atoms with Crippen LogP contribution in [-0.2, 0) is 0 Å². The van der Waals surface area contributed by atoms with Crippen LogP contribution in [-0.4, -0.2) is 21.5 Å². The van der Waals surface area contributed by atoms with E-state index in [0.717, 1.165) is 0 Å². The minimum atomic E-state index is -0.684. The summed E-state index contributed by atoms with van der Waals surface area (Å²) in [5.41, 5.74) is 0.244. The molecule has 0 aliphatic heterocycles. The SMILES string of the molecule is CC(=O)c1cccc(OC(=O)c2nn(C(C)C)c(=O)c3ccccc23)c1. The van der Waals surface area contributed by atoms with E-state index in [4.69, 9.17) is 4.74 Å². The number of fused-ring (bicyclic) bond motifs is 1. The van der Waals surface area contributed by atoms with Gasteiger partial charge in [0.25, 0.3) is 5.56 Å². The Balaban J connectivity index is 2.08. The number of carbonyl (C=O) groups excluding carboxylic acids is 2. The first kappa shape index (κ1) is 17.5. The lowest BCUT2D eigenvalue weighted by Crippen LogP contribution is -2.28. The van der Waals surface area contributed by atoms with Crippen LogP contribution in [0.15, 0.2) is 53.3 Å². The molecule has 6 nitrogen and oxygen atoms in total. The number of hydrogen-bond acceptors (Lipinski definition) is 5. The second kappa shape index (κ2) is 6.92. The highest BCUT2D eigenvalue weighted by molar-refractivity contribution is 6.03. The maximum Gasteiger partial charge on any atom is 0.364 e. The maximum atomic E-state index is 12.7. The van der Waals surface area contributed by atoms with Gasteiger partial charge in [0.05, 0.1) is 11.4 Å². The summed E-state index contributed by atoms with van der Waals surface area (Å²) in [6, 6.07) is 13.0. The number of nitrogens with zero attached hydrogens (tertiary/aromatic N) is 2. The second-order valence-corrected chi connectivity index (χ2v) is 6.21. The molecule has 3 aromatic rings. The Kier molecular flexibility index (Phi) is 4.67. The van der Waals surface area contributed by atoms with Crippen molar-refractivity contribution in [2.24, 2.45) is 0 Å². The highest BCUT2D eigenvalue weighted by Crippen LogP contribution is 2.19. The smallest absolute Gasteiger partial charge is 0.364 e. The first-order valence-corrected chi connectivity index (χ1v) is 8.23. The fourth-order valence-corrected chi connectivity index (χ4v) is 2.64. The molecule has 0 aliphatic rings. The third-order valence-corrected chi connectivity index (χ3v) is 3.96. The first-order valence-electron chi connectivity index (χ1n) is 8.23. The van der Waals surface area contributed by atoms with Crippen molar-refractivity contribution in [2.75, 3.05) is 0 Å². The molecule has 0 saturated heterocycles. The van der Waals surface area contributed by atoms with Crippen LogP contribution in [0.3, 0.4) is 0 Å². The molecule has 0 bridgehead atoms. The fourth-order valence-electron chi connectivity index (χ4n) is 2.64. The Hall–Kier alpha value is -3.28. The number of ketones is 1. The molecule has 0 fully saturated rings. The number of ether oxygens (including phenoxy) is 1. The van der Waals surface area contributed by atoms with Crippen molar-refractivity contribution in [1.82, 2.24) is 9.78 Å². The normalized spacial score (nSPS) is 10.9. The molecule has 0 radical (unpaired) electrons. The van der Waals surface area contributed by atoms with Gasteiger partial charge in [-0.2, -0.15) is 5.10 Å². The van der Waals surface area contributed by atoms with Crippen molar-refractivity contribution in [3.63, 3.8) is 0 Å². The maximum absolute atomic E-state index is 12.7. The first-order chi connectivity index (χ1) is 12.4. The third kappa shape index (κ3) is 3.26. The second-order valence-electron chi connectivity index (χ2n) is 6.21. The van der Waals surface area contributed by atoms with Crippen LogP contribution >= 0.6 is 0 Å². The molecule has 0 aliphatic carbocycles. The van der Waals surface area contributed by atoms with Crippen LogP contribution < -0.4 is 10.3 Å². The van der Waals surface area contributed by atoms with Crippen LogP contribution in [0.4, 0.5) is 0 Å². The van der Waals surface area contributed by atoms with E-state index in [1.54, 1.807) is 42.5 Å². The zero-order valence-electron chi connectivity index (χ0n) is 14.7. The Morgan fingerprint density at radius 2 is 1.73 bits per heavy atom. The summed E-state index contributed by atoms with van der Waals surface area (Å²) in [5.74, 6) is -0.563. The number of hydrogen-bond donors (Lipinski definition) is 0. The van der Waals surface area contributed by atoms with Gasteiger partial charge < -0.3 is 4.74 Å². The minimum Gasteiger partial charge on any atom is -0.422 e. The van der Waals surface area contributed by atoms with Gasteiger partial charge in [0.1, 0.15) is 5.75 Å². The van der Waals surface area contributed by atoms with Crippen molar-refractivity contribution in [3.8, 4) is 5.75 Å². The Labute approximate surface area is 150 Å². The number of esters is 1. The lowest BCUT2D eigenvalue weighted by Gasteiger charge is -2.13. The summed E-state index contributed by atoms with van der Waals surface area (Å²) in [5, 5.41) is 5.05. The molecule has 26 heavy (non-hydrogen) atoms. The lowest BCUT2D eigenvalue weighted by molar-refractivity contribution is 0.0726. The van der Waals surface area contributed by atoms with Crippen molar-refractivity contribution < 1.29 is 14.3 Å². The summed E-state index contributed by atoms with van der Waals surface area (Å²) in [7, 11) is 0.